The lowest BCUT2D eigenvalue weighted by Gasteiger charge is -2.41. The smallest absolute Gasteiger partial charge is 0.433 e. The lowest BCUT2D eigenvalue weighted by atomic mass is 9.82. The highest BCUT2D eigenvalue weighted by Crippen LogP contribution is 2.47. The highest BCUT2D eigenvalue weighted by Gasteiger charge is 2.45. The molecular formula is C22H23F6N7O2. The van der Waals surface area contributed by atoms with Crippen LogP contribution in [0.2, 0.25) is 0 Å². The van der Waals surface area contributed by atoms with Gasteiger partial charge in [0.15, 0.2) is 18.0 Å². The summed E-state index contributed by atoms with van der Waals surface area (Å²) in [5, 5.41) is 6.93. The van der Waals surface area contributed by atoms with E-state index in [1.807, 2.05) is 0 Å². The summed E-state index contributed by atoms with van der Waals surface area (Å²) in [5.74, 6) is 0.978. The molecule has 9 nitrogen and oxygen atoms in total. The molecule has 1 aliphatic carbocycles. The van der Waals surface area contributed by atoms with E-state index in [-0.39, 0.29) is 11.4 Å². The molecule has 0 amide bonds. The van der Waals surface area contributed by atoms with Crippen molar-refractivity contribution in [3.8, 4) is 11.6 Å². The van der Waals surface area contributed by atoms with E-state index in [0.29, 0.717) is 35.5 Å². The average molecular weight is 531 g/mol. The number of nitrogens with zero attached hydrogens (tertiary/aromatic N) is 6. The van der Waals surface area contributed by atoms with E-state index in [2.05, 4.69) is 30.3 Å². The maximum absolute atomic E-state index is 13.5. The third-order valence-electron chi connectivity index (χ3n) is 6.72. The van der Waals surface area contributed by atoms with Crippen LogP contribution < -0.4 is 19.7 Å². The molecule has 37 heavy (non-hydrogen) atoms. The monoisotopic (exact) mass is 531 g/mol. The van der Waals surface area contributed by atoms with Crippen molar-refractivity contribution in [1.82, 2.24) is 24.6 Å². The molecule has 0 radical (unpaired) electrons. The summed E-state index contributed by atoms with van der Waals surface area (Å²) in [4.78, 5) is 14.6. The molecule has 5 rings (SSSR count). The number of ether oxygens (including phenoxy) is 2. The van der Waals surface area contributed by atoms with Crippen molar-refractivity contribution in [1.29, 1.82) is 0 Å². The van der Waals surface area contributed by atoms with Gasteiger partial charge in [-0.2, -0.15) is 31.3 Å². The Balaban J connectivity index is 1.38. The van der Waals surface area contributed by atoms with Crippen molar-refractivity contribution in [3.63, 3.8) is 0 Å². The van der Waals surface area contributed by atoms with Gasteiger partial charge in [-0.25, -0.2) is 14.5 Å². The van der Waals surface area contributed by atoms with Crippen LogP contribution in [0.3, 0.4) is 0 Å². The molecule has 1 N–H and O–H groups in total. The van der Waals surface area contributed by atoms with Crippen LogP contribution in [-0.2, 0) is 6.18 Å². The van der Waals surface area contributed by atoms with Crippen molar-refractivity contribution >= 4 is 17.4 Å². The molecule has 1 unspecified atom stereocenters. The summed E-state index contributed by atoms with van der Waals surface area (Å²) in [6.07, 6.45) is -5.28. The first-order valence-corrected chi connectivity index (χ1v) is 11.5. The van der Waals surface area contributed by atoms with Gasteiger partial charge in [0, 0.05) is 31.1 Å². The van der Waals surface area contributed by atoms with Crippen molar-refractivity contribution in [2.24, 2.45) is 11.3 Å². The summed E-state index contributed by atoms with van der Waals surface area (Å²) in [6.45, 7) is 0.137. The van der Waals surface area contributed by atoms with E-state index in [1.165, 1.54) is 13.4 Å². The first-order chi connectivity index (χ1) is 17.4. The van der Waals surface area contributed by atoms with E-state index < -0.39 is 36.1 Å². The summed E-state index contributed by atoms with van der Waals surface area (Å²) in [5.41, 5.74) is -1.86. The van der Waals surface area contributed by atoms with Crippen LogP contribution in [0.4, 0.5) is 38.1 Å². The number of piperidine rings is 1. The lowest BCUT2D eigenvalue weighted by Crippen LogP contribution is -2.46. The van der Waals surface area contributed by atoms with Crippen molar-refractivity contribution in [2.75, 3.05) is 43.6 Å². The number of pyridine rings is 1. The van der Waals surface area contributed by atoms with Crippen LogP contribution in [0.15, 0.2) is 24.5 Å². The Hall–Kier alpha value is -3.52. The van der Waals surface area contributed by atoms with Crippen molar-refractivity contribution < 1.29 is 35.8 Å². The molecule has 1 saturated heterocycles. The van der Waals surface area contributed by atoms with Gasteiger partial charge in [-0.1, -0.05) is 0 Å². The second-order valence-electron chi connectivity index (χ2n) is 9.42. The van der Waals surface area contributed by atoms with Crippen molar-refractivity contribution in [2.45, 2.75) is 31.6 Å². The van der Waals surface area contributed by atoms with Crippen molar-refractivity contribution in [3.05, 3.63) is 30.2 Å². The van der Waals surface area contributed by atoms with Gasteiger partial charge in [0.2, 0.25) is 11.8 Å². The van der Waals surface area contributed by atoms with Crippen LogP contribution in [0, 0.1) is 11.3 Å². The minimum atomic E-state index is -4.80. The average Bonchev–Trinajstić information content (AvgIpc) is 3.40. The summed E-state index contributed by atoms with van der Waals surface area (Å²) in [7, 11) is 1.52. The first kappa shape index (κ1) is 25.1. The Bertz CT molecular complexity index is 1280. The molecule has 4 heterocycles. The number of anilines is 2. The normalized spacial score (nSPS) is 21.9. The number of halogens is 6. The number of nitrogens with one attached hydrogen (secondary N) is 1. The van der Waals surface area contributed by atoms with Crippen LogP contribution in [0.5, 0.6) is 11.6 Å². The van der Waals surface area contributed by atoms with E-state index in [9.17, 15) is 26.3 Å². The summed E-state index contributed by atoms with van der Waals surface area (Å²) in [6, 6.07) is 3.18. The molecule has 1 aliphatic heterocycles. The van der Waals surface area contributed by atoms with Crippen LogP contribution in [0.25, 0.3) is 5.65 Å². The zero-order chi connectivity index (χ0) is 26.4. The fraction of sp³-hybridized carbons (Fsp3) is 0.545. The fourth-order valence-corrected chi connectivity index (χ4v) is 5.18. The standard InChI is InChI=1S/C22H23F6N7O2/c1-36-17-6-16(30-12-31-17)34-8-13-4-5-20(7-13,10-34)9-29-19-32-18-14(37-11-21(23,24)25)2-3-15(22(26,27)28)35(18)33-19/h2-3,6,12-13H,4-5,7-11H2,1H3,(H,29,33)/t13-,20?/m0/s1. The maximum atomic E-state index is 13.5. The number of aromatic nitrogens is 5. The lowest BCUT2D eigenvalue weighted by molar-refractivity contribution is -0.153. The molecular weight excluding hydrogens is 508 g/mol. The Labute approximate surface area is 206 Å². The van der Waals surface area contributed by atoms with Gasteiger partial charge in [0.1, 0.15) is 17.8 Å². The van der Waals surface area contributed by atoms with Gasteiger partial charge < -0.3 is 19.7 Å². The third kappa shape index (κ3) is 5.30. The second kappa shape index (κ2) is 9.10. The van der Waals surface area contributed by atoms with Gasteiger partial charge in [0.25, 0.3) is 0 Å². The largest absolute Gasteiger partial charge is 0.481 e. The molecule has 3 aromatic heterocycles. The van der Waals surface area contributed by atoms with E-state index in [1.54, 1.807) is 6.07 Å². The van der Waals surface area contributed by atoms with Gasteiger partial charge in [0.05, 0.1) is 7.11 Å². The molecule has 1 saturated carbocycles. The minimum Gasteiger partial charge on any atom is -0.481 e. The number of hydrogen-bond acceptors (Lipinski definition) is 8. The number of alkyl halides is 6. The molecule has 3 aromatic rings. The van der Waals surface area contributed by atoms with E-state index in [0.717, 1.165) is 37.7 Å². The Morgan fingerprint density at radius 3 is 2.70 bits per heavy atom. The van der Waals surface area contributed by atoms with E-state index in [4.69, 9.17) is 9.47 Å². The molecule has 200 valence electrons. The van der Waals surface area contributed by atoms with Gasteiger partial charge >= 0.3 is 12.4 Å². The Morgan fingerprint density at radius 1 is 1.16 bits per heavy atom. The molecule has 2 bridgehead atoms. The third-order valence-corrected chi connectivity index (χ3v) is 6.72. The minimum absolute atomic E-state index is 0.132. The predicted octanol–water partition coefficient (Wildman–Crippen LogP) is 4.21. The summed E-state index contributed by atoms with van der Waals surface area (Å²) < 4.78 is 88.9. The van der Waals surface area contributed by atoms with Gasteiger partial charge in [-0.05, 0) is 37.3 Å². The van der Waals surface area contributed by atoms with Crippen LogP contribution in [-0.4, -0.2) is 64.1 Å². The van der Waals surface area contributed by atoms with Crippen LogP contribution in [0.1, 0.15) is 25.0 Å². The number of methoxy groups -OCH3 is 1. The fourth-order valence-electron chi connectivity index (χ4n) is 5.18. The van der Waals surface area contributed by atoms with E-state index >= 15 is 0 Å². The highest BCUT2D eigenvalue weighted by molar-refractivity contribution is 5.57. The highest BCUT2D eigenvalue weighted by atomic mass is 19.4. The second-order valence-corrected chi connectivity index (χ2v) is 9.42. The number of fused-ring (bicyclic) bond motifs is 3. The molecule has 0 aromatic carbocycles. The molecule has 15 heteroatoms. The van der Waals surface area contributed by atoms with Gasteiger partial charge in [-0.15, -0.1) is 5.10 Å². The molecule has 2 atom stereocenters. The predicted molar refractivity (Wildman–Crippen MR) is 119 cm³/mol. The molecule has 0 spiro atoms. The SMILES string of the molecule is COc1cc(N2C[C@H]3CCC(CNc4nc5c(OCC(F)(F)F)ccc(C(F)(F)F)n5n4)(C3)C2)ncn1. The number of rotatable bonds is 7. The number of hydrogen-bond donors (Lipinski definition) is 1. The maximum Gasteiger partial charge on any atom is 0.433 e. The zero-order valence-electron chi connectivity index (χ0n) is 19.6. The summed E-state index contributed by atoms with van der Waals surface area (Å²) >= 11 is 0. The quantitative estimate of drug-likeness (QED) is 0.454. The zero-order valence-corrected chi connectivity index (χ0v) is 19.6. The Morgan fingerprint density at radius 2 is 1.97 bits per heavy atom. The van der Waals surface area contributed by atoms with Crippen LogP contribution >= 0.6 is 0 Å². The first-order valence-electron chi connectivity index (χ1n) is 11.5. The molecule has 2 fully saturated rings. The Kier molecular flexibility index (Phi) is 6.18. The topological polar surface area (TPSA) is 89.7 Å². The molecule has 2 aliphatic rings. The van der Waals surface area contributed by atoms with Gasteiger partial charge in [-0.3, -0.25) is 0 Å².